The highest BCUT2D eigenvalue weighted by atomic mass is 32.2. The minimum absolute atomic E-state index is 0.0411. The van der Waals surface area contributed by atoms with Crippen LogP contribution in [-0.2, 0) is 21.7 Å². The van der Waals surface area contributed by atoms with Crippen molar-refractivity contribution >= 4 is 15.7 Å². The van der Waals surface area contributed by atoms with Crippen molar-refractivity contribution in [2.75, 3.05) is 5.75 Å². The third-order valence-electron chi connectivity index (χ3n) is 5.20. The molecule has 6 nitrogen and oxygen atoms in total. The first-order valence-corrected chi connectivity index (χ1v) is 9.51. The fourth-order valence-corrected chi connectivity index (χ4v) is 5.48. The Labute approximate surface area is 131 Å². The number of sulfone groups is 1. The van der Waals surface area contributed by atoms with E-state index in [0.29, 0.717) is 11.8 Å². The van der Waals surface area contributed by atoms with Crippen molar-refractivity contribution < 1.29 is 13.2 Å². The van der Waals surface area contributed by atoms with Gasteiger partial charge in [0.1, 0.15) is 5.75 Å². The first-order valence-electron chi connectivity index (χ1n) is 7.86. The predicted octanol–water partition coefficient (Wildman–Crippen LogP) is 1.13. The molecule has 0 aliphatic heterocycles. The van der Waals surface area contributed by atoms with Crippen molar-refractivity contribution in [3.05, 3.63) is 12.4 Å². The van der Waals surface area contributed by atoms with E-state index in [1.807, 2.05) is 6.92 Å². The van der Waals surface area contributed by atoms with Crippen LogP contribution >= 0.6 is 0 Å². The summed E-state index contributed by atoms with van der Waals surface area (Å²) in [4.78, 5) is 15.9. The summed E-state index contributed by atoms with van der Waals surface area (Å²) in [7, 11) is -2.08. The van der Waals surface area contributed by atoms with Crippen molar-refractivity contribution in [1.29, 1.82) is 0 Å². The van der Waals surface area contributed by atoms with E-state index >= 15 is 0 Å². The molecule has 0 spiro atoms. The molecule has 2 aliphatic rings. The molecule has 2 aliphatic carbocycles. The Morgan fingerprint density at radius 1 is 1.45 bits per heavy atom. The summed E-state index contributed by atoms with van der Waals surface area (Å²) in [5, 5.41) is 2.83. The molecule has 4 atom stereocenters. The Bertz CT molecular complexity index is 667. The molecule has 3 rings (SSSR count). The van der Waals surface area contributed by atoms with E-state index in [1.54, 1.807) is 13.2 Å². The summed E-state index contributed by atoms with van der Waals surface area (Å²) < 4.78 is 25.8. The molecule has 22 heavy (non-hydrogen) atoms. The quantitative estimate of drug-likeness (QED) is 0.880. The van der Waals surface area contributed by atoms with Gasteiger partial charge in [-0.2, -0.15) is 0 Å². The van der Waals surface area contributed by atoms with E-state index in [9.17, 15) is 13.2 Å². The van der Waals surface area contributed by atoms with Gasteiger partial charge >= 0.3 is 0 Å². The van der Waals surface area contributed by atoms with Gasteiger partial charge < -0.3 is 9.88 Å². The summed E-state index contributed by atoms with van der Waals surface area (Å²) in [6.45, 7) is 2.00. The summed E-state index contributed by atoms with van der Waals surface area (Å²) in [6, 6.07) is 0.0411. The normalized spacial score (nSPS) is 28.7. The summed E-state index contributed by atoms with van der Waals surface area (Å²) >= 11 is 0. The van der Waals surface area contributed by atoms with Gasteiger partial charge in [0.15, 0.2) is 0 Å². The van der Waals surface area contributed by atoms with Crippen molar-refractivity contribution in [2.45, 2.75) is 43.8 Å². The maximum absolute atomic E-state index is 12.2. The molecule has 122 valence electrons. The molecule has 0 radical (unpaired) electrons. The SMILES string of the molecule is C[C@@H](NC(=O)CS(=O)(=O)c1nccn1C)[C@@H]1C[C@H]2CC[C@H]1C2. The number of hydrogen-bond acceptors (Lipinski definition) is 4. The van der Waals surface area contributed by atoms with Gasteiger partial charge in [0.05, 0.1) is 0 Å². The fraction of sp³-hybridized carbons (Fsp3) is 0.733. The lowest BCUT2D eigenvalue weighted by molar-refractivity contribution is -0.119. The Balaban J connectivity index is 1.59. The van der Waals surface area contributed by atoms with E-state index in [0.717, 1.165) is 12.3 Å². The van der Waals surface area contributed by atoms with Gasteiger partial charge in [0.2, 0.25) is 20.9 Å². The molecule has 2 saturated carbocycles. The summed E-state index contributed by atoms with van der Waals surface area (Å²) in [5.41, 5.74) is 0. The molecule has 7 heteroatoms. The first kappa shape index (κ1) is 15.5. The highest BCUT2D eigenvalue weighted by molar-refractivity contribution is 7.91. The predicted molar refractivity (Wildman–Crippen MR) is 81.8 cm³/mol. The van der Waals surface area contributed by atoms with Crippen LogP contribution in [0, 0.1) is 17.8 Å². The monoisotopic (exact) mass is 325 g/mol. The number of imidazole rings is 1. The van der Waals surface area contributed by atoms with Gasteiger partial charge in [-0.15, -0.1) is 0 Å². The van der Waals surface area contributed by atoms with Gasteiger partial charge in [0.25, 0.3) is 0 Å². The number of rotatable bonds is 5. The Hall–Kier alpha value is -1.37. The second-order valence-corrected chi connectivity index (χ2v) is 8.66. The van der Waals surface area contributed by atoms with Crippen LogP contribution in [0.25, 0.3) is 0 Å². The number of fused-ring (bicyclic) bond motifs is 2. The van der Waals surface area contributed by atoms with Crippen LogP contribution < -0.4 is 5.32 Å². The number of aromatic nitrogens is 2. The van der Waals surface area contributed by atoms with Crippen LogP contribution in [-0.4, -0.2) is 35.7 Å². The lowest BCUT2D eigenvalue weighted by Gasteiger charge is -2.28. The van der Waals surface area contributed by atoms with Gasteiger partial charge in [0, 0.05) is 25.5 Å². The zero-order valence-corrected chi connectivity index (χ0v) is 13.8. The second-order valence-electron chi connectivity index (χ2n) is 6.77. The molecule has 1 N–H and O–H groups in total. The lowest BCUT2D eigenvalue weighted by Crippen LogP contribution is -2.42. The molecule has 1 aromatic rings. The second kappa shape index (κ2) is 5.68. The van der Waals surface area contributed by atoms with Gasteiger partial charge in [-0.3, -0.25) is 4.79 Å². The fourth-order valence-electron chi connectivity index (χ4n) is 4.20. The third-order valence-corrected chi connectivity index (χ3v) is 6.79. The third kappa shape index (κ3) is 2.91. The van der Waals surface area contributed by atoms with E-state index in [1.165, 1.54) is 30.0 Å². The molecule has 0 aromatic carbocycles. The Morgan fingerprint density at radius 3 is 2.77 bits per heavy atom. The van der Waals surface area contributed by atoms with Crippen LogP contribution in [0.2, 0.25) is 0 Å². The largest absolute Gasteiger partial charge is 0.352 e. The summed E-state index contributed by atoms with van der Waals surface area (Å²) in [5.74, 6) is 1.04. The number of aryl methyl sites for hydroxylation is 1. The first-order chi connectivity index (χ1) is 10.4. The van der Waals surface area contributed by atoms with Crippen LogP contribution in [0.4, 0.5) is 0 Å². The molecule has 1 amide bonds. The minimum atomic E-state index is -3.69. The summed E-state index contributed by atoms with van der Waals surface area (Å²) in [6.07, 6.45) is 7.98. The van der Waals surface area contributed by atoms with Crippen LogP contribution in [0.5, 0.6) is 0 Å². The van der Waals surface area contributed by atoms with Crippen molar-refractivity contribution in [1.82, 2.24) is 14.9 Å². The number of hydrogen-bond donors (Lipinski definition) is 1. The van der Waals surface area contributed by atoms with E-state index in [-0.39, 0.29) is 11.2 Å². The smallest absolute Gasteiger partial charge is 0.235 e. The van der Waals surface area contributed by atoms with E-state index in [4.69, 9.17) is 0 Å². The molecule has 2 bridgehead atoms. The van der Waals surface area contributed by atoms with Crippen molar-refractivity contribution in [2.24, 2.45) is 24.8 Å². The molecule has 1 heterocycles. The molecule has 0 saturated heterocycles. The number of carbonyl (C=O) groups excluding carboxylic acids is 1. The zero-order chi connectivity index (χ0) is 15.9. The van der Waals surface area contributed by atoms with Gasteiger partial charge in [-0.1, -0.05) is 6.42 Å². The Morgan fingerprint density at radius 2 is 2.23 bits per heavy atom. The van der Waals surface area contributed by atoms with Crippen molar-refractivity contribution in [3.8, 4) is 0 Å². The standard InChI is InChI=1S/C15H23N3O3S/c1-10(13-8-11-3-4-12(13)7-11)17-14(19)9-22(20,21)15-16-5-6-18(15)2/h5-6,10-13H,3-4,7-9H2,1-2H3,(H,17,19)/t10-,11+,12+,13+/m1/s1. The van der Waals surface area contributed by atoms with E-state index in [2.05, 4.69) is 10.3 Å². The molecule has 0 unspecified atom stereocenters. The Kier molecular flexibility index (Phi) is 4.01. The van der Waals surface area contributed by atoms with Crippen LogP contribution in [0.1, 0.15) is 32.6 Å². The molecule has 2 fully saturated rings. The molecular weight excluding hydrogens is 302 g/mol. The average Bonchev–Trinajstić information content (AvgIpc) is 3.12. The number of nitrogens with zero attached hydrogens (tertiary/aromatic N) is 2. The average molecular weight is 325 g/mol. The number of carbonyl (C=O) groups is 1. The number of amides is 1. The highest BCUT2D eigenvalue weighted by Crippen LogP contribution is 2.49. The minimum Gasteiger partial charge on any atom is -0.352 e. The zero-order valence-electron chi connectivity index (χ0n) is 13.0. The van der Waals surface area contributed by atoms with E-state index < -0.39 is 21.5 Å². The van der Waals surface area contributed by atoms with Crippen LogP contribution in [0.3, 0.4) is 0 Å². The lowest BCUT2D eigenvalue weighted by atomic mass is 9.84. The highest BCUT2D eigenvalue weighted by Gasteiger charge is 2.42. The maximum atomic E-state index is 12.2. The number of nitrogens with one attached hydrogen (secondary N) is 1. The molecule has 1 aromatic heterocycles. The van der Waals surface area contributed by atoms with Crippen molar-refractivity contribution in [3.63, 3.8) is 0 Å². The van der Waals surface area contributed by atoms with Gasteiger partial charge in [-0.05, 0) is 43.9 Å². The maximum Gasteiger partial charge on any atom is 0.235 e. The topological polar surface area (TPSA) is 81.1 Å². The molecular formula is C15H23N3O3S. The van der Waals surface area contributed by atoms with Gasteiger partial charge in [-0.25, -0.2) is 13.4 Å². The van der Waals surface area contributed by atoms with Crippen LogP contribution in [0.15, 0.2) is 17.6 Å².